The molecule has 0 aliphatic carbocycles. The number of benzene rings is 2. The van der Waals surface area contributed by atoms with Crippen LogP contribution in [0.3, 0.4) is 0 Å². The van der Waals surface area contributed by atoms with Crippen LogP contribution >= 0.6 is 0 Å². The summed E-state index contributed by atoms with van der Waals surface area (Å²) in [5.41, 5.74) is 6.21. The maximum Gasteiger partial charge on any atom is 0.269 e. The number of morpholine rings is 1. The fraction of sp³-hybridized carbons (Fsp3) is 0.174. The Labute approximate surface area is 191 Å². The monoisotopic (exact) mass is 466 g/mol. The third-order valence-corrected chi connectivity index (χ3v) is 6.98. The first-order chi connectivity index (χ1) is 15.9. The van der Waals surface area contributed by atoms with Crippen LogP contribution in [-0.2, 0) is 19.6 Å². The molecule has 2 N–H and O–H groups in total. The van der Waals surface area contributed by atoms with Crippen molar-refractivity contribution in [2.75, 3.05) is 26.3 Å². The third kappa shape index (κ3) is 5.25. The Hall–Kier alpha value is -3.60. The van der Waals surface area contributed by atoms with E-state index < -0.39 is 21.8 Å². The predicted molar refractivity (Wildman–Crippen MR) is 122 cm³/mol. The van der Waals surface area contributed by atoms with Crippen LogP contribution in [0.15, 0.2) is 71.8 Å². The lowest BCUT2D eigenvalue weighted by Crippen LogP contribution is -2.41. The minimum absolute atomic E-state index is 0.00623. The first-order valence-electron chi connectivity index (χ1n) is 10.3. The van der Waals surface area contributed by atoms with Gasteiger partial charge >= 0.3 is 0 Å². The van der Waals surface area contributed by atoms with Gasteiger partial charge in [-0.05, 0) is 30.3 Å². The second-order valence-electron chi connectivity index (χ2n) is 7.24. The van der Waals surface area contributed by atoms with Gasteiger partial charge in [-0.2, -0.15) is 4.31 Å². The van der Waals surface area contributed by atoms with Crippen LogP contribution in [0, 0.1) is 0 Å². The predicted octanol–water partition coefficient (Wildman–Crippen LogP) is 1.73. The number of para-hydroxylation sites is 1. The molecule has 33 heavy (non-hydrogen) atoms. The maximum atomic E-state index is 12.8. The summed E-state index contributed by atoms with van der Waals surface area (Å²) in [4.78, 5) is 29.0. The molecule has 170 valence electrons. The van der Waals surface area contributed by atoms with Gasteiger partial charge in [0.1, 0.15) is 0 Å². The van der Waals surface area contributed by atoms with Crippen LogP contribution in [0.2, 0.25) is 0 Å². The van der Waals surface area contributed by atoms with E-state index >= 15 is 0 Å². The molecular formula is C23H22N4O5S. The van der Waals surface area contributed by atoms with Gasteiger partial charge in [0.05, 0.1) is 23.6 Å². The maximum absolute atomic E-state index is 12.8. The van der Waals surface area contributed by atoms with Gasteiger partial charge in [-0.3, -0.25) is 25.4 Å². The summed E-state index contributed by atoms with van der Waals surface area (Å²) in [5.74, 6) is -1.18. The van der Waals surface area contributed by atoms with Crippen LogP contribution in [-0.4, -0.2) is 55.8 Å². The van der Waals surface area contributed by atoms with Crippen molar-refractivity contribution in [3.63, 3.8) is 0 Å². The molecule has 0 saturated carbocycles. The van der Waals surface area contributed by atoms with Crippen LogP contribution in [0.1, 0.15) is 15.9 Å². The molecule has 2 amide bonds. The van der Waals surface area contributed by atoms with Crippen molar-refractivity contribution in [3.8, 4) is 0 Å². The summed E-state index contributed by atoms with van der Waals surface area (Å²) in [5, 5.41) is 0.945. The van der Waals surface area contributed by atoms with Gasteiger partial charge in [0, 0.05) is 41.9 Å². The molecule has 0 radical (unpaired) electrons. The van der Waals surface area contributed by atoms with Crippen molar-refractivity contribution in [2.45, 2.75) is 4.90 Å². The molecule has 3 aromatic rings. The van der Waals surface area contributed by atoms with Crippen LogP contribution in [0.5, 0.6) is 0 Å². The number of hydrazine groups is 1. The second-order valence-corrected chi connectivity index (χ2v) is 9.18. The van der Waals surface area contributed by atoms with E-state index in [1.54, 1.807) is 12.3 Å². The topological polar surface area (TPSA) is 118 Å². The Kier molecular flexibility index (Phi) is 6.78. The van der Waals surface area contributed by atoms with Gasteiger partial charge in [0.25, 0.3) is 11.8 Å². The molecule has 4 rings (SSSR count). The molecule has 1 aromatic heterocycles. The lowest BCUT2D eigenvalue weighted by Gasteiger charge is -2.26. The van der Waals surface area contributed by atoms with Crippen molar-refractivity contribution in [1.29, 1.82) is 0 Å². The van der Waals surface area contributed by atoms with E-state index in [-0.39, 0.29) is 23.5 Å². The smallest absolute Gasteiger partial charge is 0.269 e. The van der Waals surface area contributed by atoms with Crippen molar-refractivity contribution in [3.05, 3.63) is 78.0 Å². The van der Waals surface area contributed by atoms with Crippen molar-refractivity contribution < 1.29 is 22.7 Å². The van der Waals surface area contributed by atoms with Crippen LogP contribution in [0.4, 0.5) is 0 Å². The summed E-state index contributed by atoms with van der Waals surface area (Å²) in [6.45, 7) is 1.17. The molecule has 1 aliphatic heterocycles. The summed E-state index contributed by atoms with van der Waals surface area (Å²) in [6.07, 6.45) is 4.56. The molecule has 2 heterocycles. The van der Waals surface area contributed by atoms with Crippen LogP contribution in [0.25, 0.3) is 17.0 Å². The Bertz CT molecular complexity index is 1310. The van der Waals surface area contributed by atoms with E-state index in [1.165, 1.54) is 34.6 Å². The fourth-order valence-corrected chi connectivity index (χ4v) is 4.85. The number of pyridine rings is 1. The average molecular weight is 467 g/mol. The number of ether oxygens (including phenoxy) is 1. The first-order valence-corrected chi connectivity index (χ1v) is 11.7. The summed E-state index contributed by atoms with van der Waals surface area (Å²) >= 11 is 0. The van der Waals surface area contributed by atoms with E-state index in [4.69, 9.17) is 4.74 Å². The molecule has 0 atom stereocenters. The van der Waals surface area contributed by atoms with Gasteiger partial charge in [-0.1, -0.05) is 30.3 Å². The highest BCUT2D eigenvalue weighted by Crippen LogP contribution is 2.19. The van der Waals surface area contributed by atoms with E-state index in [0.717, 1.165) is 16.5 Å². The third-order valence-electron chi connectivity index (χ3n) is 5.08. The highest BCUT2D eigenvalue weighted by atomic mass is 32.2. The molecule has 1 aliphatic rings. The lowest BCUT2D eigenvalue weighted by molar-refractivity contribution is -0.117. The highest BCUT2D eigenvalue weighted by Gasteiger charge is 2.26. The number of rotatable bonds is 5. The number of nitrogens with zero attached hydrogens (tertiary/aromatic N) is 2. The fourth-order valence-electron chi connectivity index (χ4n) is 3.39. The SMILES string of the molecule is O=C(/C=C/c1cccc2cccnc12)NNC(=O)c1cccc(S(=O)(=O)N2CCOCC2)c1. The number of aromatic nitrogens is 1. The zero-order chi connectivity index (χ0) is 23.3. The molecule has 0 bridgehead atoms. The molecule has 1 saturated heterocycles. The summed E-state index contributed by atoms with van der Waals surface area (Å²) in [7, 11) is -3.74. The summed E-state index contributed by atoms with van der Waals surface area (Å²) < 4.78 is 32.1. The minimum atomic E-state index is -3.74. The minimum Gasteiger partial charge on any atom is -0.379 e. The Morgan fingerprint density at radius 1 is 1.00 bits per heavy atom. The molecule has 0 unspecified atom stereocenters. The largest absolute Gasteiger partial charge is 0.379 e. The Balaban J connectivity index is 1.40. The quantitative estimate of drug-likeness (QED) is 0.437. The number of hydrogen-bond acceptors (Lipinski definition) is 6. The van der Waals surface area contributed by atoms with Gasteiger partial charge in [0.2, 0.25) is 10.0 Å². The zero-order valence-corrected chi connectivity index (χ0v) is 18.4. The van der Waals surface area contributed by atoms with Crippen LogP contribution < -0.4 is 10.9 Å². The van der Waals surface area contributed by atoms with Gasteiger partial charge in [-0.25, -0.2) is 8.42 Å². The van der Waals surface area contributed by atoms with Crippen molar-refractivity contribution in [1.82, 2.24) is 20.1 Å². The Morgan fingerprint density at radius 3 is 2.58 bits per heavy atom. The lowest BCUT2D eigenvalue weighted by atomic mass is 10.1. The van der Waals surface area contributed by atoms with E-state index in [1.807, 2.05) is 30.3 Å². The van der Waals surface area contributed by atoms with E-state index in [2.05, 4.69) is 15.8 Å². The Morgan fingerprint density at radius 2 is 1.76 bits per heavy atom. The molecule has 10 heteroatoms. The number of fused-ring (bicyclic) bond motifs is 1. The van der Waals surface area contributed by atoms with E-state index in [9.17, 15) is 18.0 Å². The zero-order valence-electron chi connectivity index (χ0n) is 17.6. The standard InChI is InChI=1S/C23H22N4O5S/c28-21(10-9-18-5-1-4-17-7-3-11-24-22(17)18)25-26-23(29)19-6-2-8-20(16-19)33(30,31)27-12-14-32-15-13-27/h1-11,16H,12-15H2,(H,25,28)(H,26,29)/b10-9+. The highest BCUT2D eigenvalue weighted by molar-refractivity contribution is 7.89. The second kappa shape index (κ2) is 9.90. The number of amides is 2. The molecule has 0 spiro atoms. The van der Waals surface area contributed by atoms with Gasteiger partial charge < -0.3 is 4.74 Å². The van der Waals surface area contributed by atoms with Gasteiger partial charge in [-0.15, -0.1) is 0 Å². The number of carbonyl (C=O) groups is 2. The number of sulfonamides is 1. The number of carbonyl (C=O) groups excluding carboxylic acids is 2. The van der Waals surface area contributed by atoms with Gasteiger partial charge in [0.15, 0.2) is 0 Å². The molecule has 1 fully saturated rings. The molecule has 9 nitrogen and oxygen atoms in total. The number of nitrogens with one attached hydrogen (secondary N) is 2. The van der Waals surface area contributed by atoms with E-state index in [0.29, 0.717) is 13.2 Å². The van der Waals surface area contributed by atoms with Crippen molar-refractivity contribution in [2.24, 2.45) is 0 Å². The molecule has 2 aromatic carbocycles. The normalized spacial score (nSPS) is 14.9. The molecular weight excluding hydrogens is 444 g/mol. The average Bonchev–Trinajstić information content (AvgIpc) is 2.86. The summed E-state index contributed by atoms with van der Waals surface area (Å²) in [6, 6.07) is 15.0. The van der Waals surface area contributed by atoms with Crippen molar-refractivity contribution >= 4 is 38.8 Å². The first kappa shape index (κ1) is 22.6. The number of hydrogen-bond donors (Lipinski definition) is 2.